The normalized spacial score (nSPS) is 30.2. The third-order valence-corrected chi connectivity index (χ3v) is 7.78. The van der Waals surface area contributed by atoms with Gasteiger partial charge in [0.05, 0.1) is 0 Å². The molecular weight excluding hydrogens is 372 g/mol. The highest BCUT2D eigenvalue weighted by Crippen LogP contribution is 2.18. The first-order chi connectivity index (χ1) is 14.5. The Balaban J connectivity index is 0.000000171. The molecule has 4 fully saturated rings. The van der Waals surface area contributed by atoms with Gasteiger partial charge >= 0.3 is 0 Å². The highest BCUT2D eigenvalue weighted by molar-refractivity contribution is 4.78. The number of nitrogens with zero attached hydrogens (tertiary/aromatic N) is 6. The molecule has 30 heavy (non-hydrogen) atoms. The van der Waals surface area contributed by atoms with Crippen LogP contribution in [0.4, 0.5) is 0 Å². The minimum absolute atomic E-state index is 0.923. The zero-order valence-corrected chi connectivity index (χ0v) is 20.6. The Bertz CT molecular complexity index is 431. The van der Waals surface area contributed by atoms with Crippen molar-refractivity contribution in [1.29, 1.82) is 0 Å². The lowest BCUT2D eigenvalue weighted by Crippen LogP contribution is -2.48. The molecule has 0 aliphatic carbocycles. The van der Waals surface area contributed by atoms with Crippen LogP contribution in [-0.4, -0.2) is 149 Å². The molecule has 1 atom stereocenters. The molecule has 6 nitrogen and oxygen atoms in total. The number of likely N-dealkylation sites (tertiary alicyclic amines) is 2. The van der Waals surface area contributed by atoms with Crippen molar-refractivity contribution in [2.24, 2.45) is 11.8 Å². The van der Waals surface area contributed by atoms with Gasteiger partial charge in [-0.3, -0.25) is 0 Å². The number of likely N-dealkylation sites (N-methyl/N-ethyl adjacent to an activating group) is 2. The molecule has 0 amide bonds. The van der Waals surface area contributed by atoms with Crippen LogP contribution in [0.3, 0.4) is 0 Å². The minimum atomic E-state index is 0.923. The van der Waals surface area contributed by atoms with Crippen LogP contribution < -0.4 is 0 Å². The van der Waals surface area contributed by atoms with Crippen LogP contribution in [0, 0.1) is 11.8 Å². The highest BCUT2D eigenvalue weighted by atomic mass is 15.3. The summed E-state index contributed by atoms with van der Waals surface area (Å²) in [5.41, 5.74) is 0. The Hall–Kier alpha value is -0.240. The van der Waals surface area contributed by atoms with Crippen LogP contribution in [0.15, 0.2) is 0 Å². The fraction of sp³-hybridized carbons (Fsp3) is 1.00. The summed E-state index contributed by atoms with van der Waals surface area (Å²) in [6.07, 6.45) is 5.65. The summed E-state index contributed by atoms with van der Waals surface area (Å²) in [6.45, 7) is 18.0. The average Bonchev–Trinajstić information content (AvgIpc) is 2.74. The number of hydrogen-bond donors (Lipinski definition) is 0. The Kier molecular flexibility index (Phi) is 10.3. The molecule has 0 aromatic heterocycles. The highest BCUT2D eigenvalue weighted by Gasteiger charge is 2.22. The monoisotopic (exact) mass is 422 g/mol. The van der Waals surface area contributed by atoms with Crippen molar-refractivity contribution in [2.45, 2.75) is 25.7 Å². The van der Waals surface area contributed by atoms with Crippen LogP contribution >= 0.6 is 0 Å². The zero-order chi connectivity index (χ0) is 21.3. The summed E-state index contributed by atoms with van der Waals surface area (Å²) >= 11 is 0. The molecule has 176 valence electrons. The molecule has 4 aliphatic heterocycles. The maximum atomic E-state index is 2.66. The average molecular weight is 423 g/mol. The SMILES string of the molecule is CN1CCC(CN2CCN(C)CC2)CC1.CN1CCN(CC2CCCN(C)C2)CC1. The van der Waals surface area contributed by atoms with E-state index in [9.17, 15) is 0 Å². The first-order valence-corrected chi connectivity index (χ1v) is 12.7. The third-order valence-electron chi connectivity index (χ3n) is 7.78. The van der Waals surface area contributed by atoms with E-state index in [0.717, 1.165) is 11.8 Å². The summed E-state index contributed by atoms with van der Waals surface area (Å²) in [6, 6.07) is 0. The van der Waals surface area contributed by atoms with Gasteiger partial charge in [-0.1, -0.05) is 0 Å². The Labute approximate surface area is 187 Å². The summed E-state index contributed by atoms with van der Waals surface area (Å²) in [4.78, 5) is 15.1. The molecule has 0 spiro atoms. The number of rotatable bonds is 4. The van der Waals surface area contributed by atoms with Gasteiger partial charge in [-0.15, -0.1) is 0 Å². The van der Waals surface area contributed by atoms with Gasteiger partial charge in [0.15, 0.2) is 0 Å². The van der Waals surface area contributed by atoms with Crippen LogP contribution in [-0.2, 0) is 0 Å². The van der Waals surface area contributed by atoms with E-state index in [0.29, 0.717) is 0 Å². The van der Waals surface area contributed by atoms with E-state index >= 15 is 0 Å². The largest absolute Gasteiger partial charge is 0.306 e. The van der Waals surface area contributed by atoms with Gasteiger partial charge in [-0.05, 0) is 85.3 Å². The van der Waals surface area contributed by atoms with Crippen LogP contribution in [0.2, 0.25) is 0 Å². The van der Waals surface area contributed by atoms with Gasteiger partial charge in [-0.25, -0.2) is 0 Å². The lowest BCUT2D eigenvalue weighted by Gasteiger charge is -2.37. The van der Waals surface area contributed by atoms with Crippen LogP contribution in [0.5, 0.6) is 0 Å². The third kappa shape index (κ3) is 8.71. The number of piperidine rings is 2. The van der Waals surface area contributed by atoms with E-state index in [2.05, 4.69) is 57.6 Å². The van der Waals surface area contributed by atoms with Crippen molar-refractivity contribution < 1.29 is 0 Å². The van der Waals surface area contributed by atoms with Crippen molar-refractivity contribution in [3.63, 3.8) is 0 Å². The van der Waals surface area contributed by atoms with Crippen molar-refractivity contribution in [3.05, 3.63) is 0 Å². The van der Waals surface area contributed by atoms with Crippen LogP contribution in [0.1, 0.15) is 25.7 Å². The van der Waals surface area contributed by atoms with Gasteiger partial charge in [0, 0.05) is 72.0 Å². The smallest absolute Gasteiger partial charge is 0.0110 e. The molecule has 0 N–H and O–H groups in total. The van der Waals surface area contributed by atoms with Gasteiger partial charge in [0.1, 0.15) is 0 Å². The van der Waals surface area contributed by atoms with Gasteiger partial charge in [0.25, 0.3) is 0 Å². The second-order valence-corrected chi connectivity index (χ2v) is 10.7. The lowest BCUT2D eigenvalue weighted by molar-refractivity contribution is 0.108. The molecule has 6 heteroatoms. The molecule has 0 radical (unpaired) electrons. The summed E-state index contributed by atoms with van der Waals surface area (Å²) in [7, 11) is 8.96. The van der Waals surface area contributed by atoms with E-state index < -0.39 is 0 Å². The first-order valence-electron chi connectivity index (χ1n) is 12.7. The lowest BCUT2D eigenvalue weighted by atomic mass is 9.96. The molecule has 0 saturated carbocycles. The Morgan fingerprint density at radius 2 is 0.933 bits per heavy atom. The number of piperazine rings is 2. The van der Waals surface area contributed by atoms with E-state index in [1.165, 1.54) is 117 Å². The second kappa shape index (κ2) is 12.7. The molecule has 4 aliphatic rings. The maximum absolute atomic E-state index is 2.66. The second-order valence-electron chi connectivity index (χ2n) is 10.7. The molecular formula is C24H50N6. The summed E-state index contributed by atoms with van der Waals surface area (Å²) in [5, 5.41) is 0. The topological polar surface area (TPSA) is 19.4 Å². The van der Waals surface area contributed by atoms with Gasteiger partial charge in [-0.2, -0.15) is 0 Å². The van der Waals surface area contributed by atoms with Crippen molar-refractivity contribution in [2.75, 3.05) is 120 Å². The van der Waals surface area contributed by atoms with E-state index in [1.54, 1.807) is 0 Å². The van der Waals surface area contributed by atoms with Crippen molar-refractivity contribution in [3.8, 4) is 0 Å². The van der Waals surface area contributed by atoms with Gasteiger partial charge < -0.3 is 29.4 Å². The van der Waals surface area contributed by atoms with Crippen molar-refractivity contribution >= 4 is 0 Å². The molecule has 4 heterocycles. The van der Waals surface area contributed by atoms with E-state index in [1.807, 2.05) is 0 Å². The molecule has 1 unspecified atom stereocenters. The van der Waals surface area contributed by atoms with Gasteiger partial charge in [0.2, 0.25) is 0 Å². The fourth-order valence-electron chi connectivity index (χ4n) is 5.46. The predicted molar refractivity (Wildman–Crippen MR) is 128 cm³/mol. The van der Waals surface area contributed by atoms with Crippen LogP contribution in [0.25, 0.3) is 0 Å². The van der Waals surface area contributed by atoms with Crippen molar-refractivity contribution in [1.82, 2.24) is 29.4 Å². The first kappa shape index (κ1) is 24.4. The quantitative estimate of drug-likeness (QED) is 0.672. The Morgan fingerprint density at radius 1 is 0.467 bits per heavy atom. The molecule has 4 rings (SSSR count). The Morgan fingerprint density at radius 3 is 1.43 bits per heavy atom. The maximum Gasteiger partial charge on any atom is 0.0110 e. The molecule has 0 aromatic carbocycles. The summed E-state index contributed by atoms with van der Waals surface area (Å²) in [5.74, 6) is 1.89. The molecule has 0 bridgehead atoms. The predicted octanol–water partition coefficient (Wildman–Crippen LogP) is 1.15. The van der Waals surface area contributed by atoms with E-state index in [-0.39, 0.29) is 0 Å². The fourth-order valence-corrected chi connectivity index (χ4v) is 5.46. The zero-order valence-electron chi connectivity index (χ0n) is 20.6. The summed E-state index contributed by atoms with van der Waals surface area (Å²) < 4.78 is 0. The van der Waals surface area contributed by atoms with E-state index in [4.69, 9.17) is 0 Å². The molecule has 0 aromatic rings. The molecule has 4 saturated heterocycles. The standard InChI is InChI=1S/2C12H25N3/c1-13-5-3-12(4-6-13)11-15-9-7-14(2)8-10-15;1-13-6-8-15(9-7-13)11-12-4-3-5-14(2)10-12/h2*12H,3-11H2,1-2H3. The minimum Gasteiger partial charge on any atom is -0.306 e. The number of hydrogen-bond acceptors (Lipinski definition) is 6.